The lowest BCUT2D eigenvalue weighted by molar-refractivity contribution is 0.230. The molecule has 20 heavy (non-hydrogen) atoms. The number of anilines is 1. The largest absolute Gasteiger partial charge is 0.371 e. The van der Waals surface area contributed by atoms with Crippen molar-refractivity contribution in [3.8, 4) is 0 Å². The van der Waals surface area contributed by atoms with Gasteiger partial charge in [-0.25, -0.2) is 0 Å². The van der Waals surface area contributed by atoms with E-state index >= 15 is 0 Å². The van der Waals surface area contributed by atoms with E-state index in [-0.39, 0.29) is 0 Å². The predicted octanol–water partition coefficient (Wildman–Crippen LogP) is 3.97. The Balaban J connectivity index is 2.03. The molecular weight excluding hydrogens is 244 g/mol. The number of hydrogen-bond donors (Lipinski definition) is 1. The third-order valence-electron chi connectivity index (χ3n) is 4.96. The Morgan fingerprint density at radius 1 is 1.15 bits per heavy atom. The number of rotatable bonds is 5. The van der Waals surface area contributed by atoms with Crippen molar-refractivity contribution in [2.75, 3.05) is 18.0 Å². The molecule has 0 saturated heterocycles. The van der Waals surface area contributed by atoms with Crippen molar-refractivity contribution >= 4 is 5.69 Å². The molecule has 1 aliphatic carbocycles. The maximum Gasteiger partial charge on any atom is 0.0366 e. The minimum Gasteiger partial charge on any atom is -0.371 e. The zero-order valence-corrected chi connectivity index (χ0v) is 13.3. The first kappa shape index (κ1) is 15.4. The van der Waals surface area contributed by atoms with Crippen molar-refractivity contribution in [2.24, 2.45) is 17.6 Å². The summed E-state index contributed by atoms with van der Waals surface area (Å²) in [7, 11) is 0. The summed E-state index contributed by atoms with van der Waals surface area (Å²) in [5.41, 5.74) is 9.04. The molecule has 2 nitrogen and oxygen atoms in total. The number of nitrogens with zero attached hydrogens (tertiary/aromatic N) is 1. The molecule has 1 aromatic carbocycles. The van der Waals surface area contributed by atoms with Crippen LogP contribution >= 0.6 is 0 Å². The van der Waals surface area contributed by atoms with E-state index in [0.717, 1.165) is 19.0 Å². The quantitative estimate of drug-likeness (QED) is 0.880. The van der Waals surface area contributed by atoms with Gasteiger partial charge in [0.1, 0.15) is 0 Å². The van der Waals surface area contributed by atoms with Gasteiger partial charge in [-0.1, -0.05) is 31.0 Å². The molecule has 2 heteroatoms. The molecule has 2 rings (SSSR count). The molecule has 1 fully saturated rings. The molecule has 2 N–H and O–H groups in total. The lowest BCUT2D eigenvalue weighted by atomic mass is 9.77. The minimum atomic E-state index is 0.386. The monoisotopic (exact) mass is 274 g/mol. The summed E-state index contributed by atoms with van der Waals surface area (Å²) >= 11 is 0. The van der Waals surface area contributed by atoms with E-state index in [1.807, 2.05) is 0 Å². The Hall–Kier alpha value is -1.02. The molecule has 0 aliphatic heterocycles. The fourth-order valence-corrected chi connectivity index (χ4v) is 3.42. The van der Waals surface area contributed by atoms with Crippen molar-refractivity contribution in [3.63, 3.8) is 0 Å². The van der Waals surface area contributed by atoms with Crippen molar-refractivity contribution in [1.29, 1.82) is 0 Å². The zero-order valence-electron chi connectivity index (χ0n) is 13.3. The molecule has 0 spiro atoms. The van der Waals surface area contributed by atoms with Crippen molar-refractivity contribution in [1.82, 2.24) is 0 Å². The van der Waals surface area contributed by atoms with E-state index in [0.29, 0.717) is 12.0 Å². The van der Waals surface area contributed by atoms with Gasteiger partial charge in [-0.2, -0.15) is 0 Å². The summed E-state index contributed by atoms with van der Waals surface area (Å²) in [4.78, 5) is 2.49. The smallest absolute Gasteiger partial charge is 0.0366 e. The first-order valence-electron chi connectivity index (χ1n) is 8.21. The van der Waals surface area contributed by atoms with Crippen LogP contribution in [0.25, 0.3) is 0 Å². The Morgan fingerprint density at radius 2 is 1.85 bits per heavy atom. The molecule has 0 amide bonds. The van der Waals surface area contributed by atoms with Gasteiger partial charge >= 0.3 is 0 Å². The summed E-state index contributed by atoms with van der Waals surface area (Å²) in [6.45, 7) is 8.87. The SMILES string of the molecule is CCC1CCC(N)C(CN(CC)c2ccc(C)cc2)C1. The maximum atomic E-state index is 6.37. The summed E-state index contributed by atoms with van der Waals surface area (Å²) in [5, 5.41) is 0. The van der Waals surface area contributed by atoms with Crippen LogP contribution in [0.5, 0.6) is 0 Å². The molecule has 0 radical (unpaired) electrons. The maximum absolute atomic E-state index is 6.37. The van der Waals surface area contributed by atoms with Crippen LogP contribution in [0.3, 0.4) is 0 Å². The fourth-order valence-electron chi connectivity index (χ4n) is 3.42. The van der Waals surface area contributed by atoms with Crippen LogP contribution < -0.4 is 10.6 Å². The van der Waals surface area contributed by atoms with Crippen LogP contribution in [-0.2, 0) is 0 Å². The lowest BCUT2D eigenvalue weighted by Gasteiger charge is -2.37. The summed E-state index contributed by atoms with van der Waals surface area (Å²) < 4.78 is 0. The topological polar surface area (TPSA) is 29.3 Å². The zero-order chi connectivity index (χ0) is 14.5. The van der Waals surface area contributed by atoms with Gasteiger partial charge in [0.2, 0.25) is 0 Å². The van der Waals surface area contributed by atoms with E-state index in [4.69, 9.17) is 5.73 Å². The first-order valence-corrected chi connectivity index (χ1v) is 8.21. The predicted molar refractivity (Wildman–Crippen MR) is 88.2 cm³/mol. The van der Waals surface area contributed by atoms with Crippen molar-refractivity contribution in [2.45, 2.75) is 52.5 Å². The number of benzene rings is 1. The van der Waals surface area contributed by atoms with E-state index in [1.165, 1.54) is 36.9 Å². The van der Waals surface area contributed by atoms with Gasteiger partial charge in [0.25, 0.3) is 0 Å². The Bertz CT molecular complexity index is 398. The minimum absolute atomic E-state index is 0.386. The van der Waals surface area contributed by atoms with Gasteiger partial charge < -0.3 is 10.6 Å². The van der Waals surface area contributed by atoms with Crippen LogP contribution in [-0.4, -0.2) is 19.1 Å². The number of nitrogens with two attached hydrogens (primary N) is 1. The summed E-state index contributed by atoms with van der Waals surface area (Å²) in [5.74, 6) is 1.53. The lowest BCUT2D eigenvalue weighted by Crippen LogP contribution is -2.43. The summed E-state index contributed by atoms with van der Waals surface area (Å²) in [6.07, 6.45) is 5.14. The van der Waals surface area contributed by atoms with E-state index in [2.05, 4.69) is 49.9 Å². The van der Waals surface area contributed by atoms with Gasteiger partial charge in [-0.3, -0.25) is 0 Å². The average Bonchev–Trinajstić information content (AvgIpc) is 2.47. The van der Waals surface area contributed by atoms with Gasteiger partial charge in [0.15, 0.2) is 0 Å². The van der Waals surface area contributed by atoms with Gasteiger partial charge in [0, 0.05) is 24.8 Å². The molecule has 0 aromatic heterocycles. The van der Waals surface area contributed by atoms with Crippen LogP contribution in [0.2, 0.25) is 0 Å². The molecule has 3 atom stereocenters. The van der Waals surface area contributed by atoms with Crippen LogP contribution in [0, 0.1) is 18.8 Å². The highest BCUT2D eigenvalue weighted by Gasteiger charge is 2.28. The van der Waals surface area contributed by atoms with Gasteiger partial charge in [-0.05, 0) is 57.1 Å². The van der Waals surface area contributed by atoms with Crippen molar-refractivity contribution in [3.05, 3.63) is 29.8 Å². The van der Waals surface area contributed by atoms with E-state index in [9.17, 15) is 0 Å². The average molecular weight is 274 g/mol. The Kier molecular flexibility index (Phi) is 5.47. The van der Waals surface area contributed by atoms with Gasteiger partial charge in [0.05, 0.1) is 0 Å². The molecule has 112 valence electrons. The molecule has 0 heterocycles. The molecule has 1 saturated carbocycles. The molecule has 3 unspecified atom stereocenters. The Labute approximate surface area is 124 Å². The van der Waals surface area contributed by atoms with Crippen molar-refractivity contribution < 1.29 is 0 Å². The van der Waals surface area contributed by atoms with E-state index < -0.39 is 0 Å². The van der Waals surface area contributed by atoms with E-state index in [1.54, 1.807) is 0 Å². The first-order chi connectivity index (χ1) is 9.63. The molecule has 1 aliphatic rings. The number of hydrogen-bond acceptors (Lipinski definition) is 2. The second-order valence-electron chi connectivity index (χ2n) is 6.39. The highest BCUT2D eigenvalue weighted by Crippen LogP contribution is 2.31. The standard InChI is InChI=1S/C18H30N2/c1-4-15-8-11-18(19)16(12-15)13-20(5-2)17-9-6-14(3)7-10-17/h6-7,9-10,15-16,18H,4-5,8,11-13,19H2,1-3H3. The number of aryl methyl sites for hydroxylation is 1. The third-order valence-corrected chi connectivity index (χ3v) is 4.96. The fraction of sp³-hybridized carbons (Fsp3) is 0.667. The van der Waals surface area contributed by atoms with Crippen LogP contribution in [0.4, 0.5) is 5.69 Å². The molecule has 1 aromatic rings. The highest BCUT2D eigenvalue weighted by molar-refractivity contribution is 5.47. The molecule has 0 bridgehead atoms. The second kappa shape index (κ2) is 7.12. The Morgan fingerprint density at radius 3 is 2.45 bits per heavy atom. The molecular formula is C18H30N2. The third kappa shape index (κ3) is 3.76. The summed E-state index contributed by atoms with van der Waals surface area (Å²) in [6, 6.07) is 9.27. The van der Waals surface area contributed by atoms with Crippen LogP contribution in [0.15, 0.2) is 24.3 Å². The normalized spacial score (nSPS) is 26.5. The highest BCUT2D eigenvalue weighted by atomic mass is 15.1. The van der Waals surface area contributed by atoms with Gasteiger partial charge in [-0.15, -0.1) is 0 Å². The second-order valence-corrected chi connectivity index (χ2v) is 6.39. The van der Waals surface area contributed by atoms with Crippen LogP contribution in [0.1, 0.15) is 45.1 Å².